The van der Waals surface area contributed by atoms with Gasteiger partial charge in [-0.25, -0.2) is 4.79 Å². The molecular formula is C18H17F3INO3. The highest BCUT2D eigenvalue weighted by Crippen LogP contribution is 2.24. The molecular weight excluding hydrogens is 462 g/mol. The third kappa shape index (κ3) is 6.49. The maximum atomic E-state index is 12.9. The summed E-state index contributed by atoms with van der Waals surface area (Å²) in [4.78, 5) is 11.9. The number of alkyl carbamates (subject to hydrolysis) is 1. The molecule has 0 aliphatic rings. The molecule has 2 aromatic rings. The molecule has 0 saturated heterocycles. The first-order valence-electron chi connectivity index (χ1n) is 7.72. The second kappa shape index (κ2) is 9.22. The number of ether oxygens (including phenoxy) is 1. The number of hydrogen-bond donors (Lipinski definition) is 2. The van der Waals surface area contributed by atoms with Crippen LogP contribution >= 0.6 is 22.6 Å². The fourth-order valence-electron chi connectivity index (χ4n) is 2.26. The zero-order valence-electron chi connectivity index (χ0n) is 13.5. The Balaban J connectivity index is 2.02. The van der Waals surface area contributed by atoms with Crippen molar-refractivity contribution in [2.24, 2.45) is 0 Å². The average molecular weight is 479 g/mol. The second-order valence-electron chi connectivity index (χ2n) is 5.63. The number of alkyl halides is 3. The number of nitrogens with one attached hydrogen (secondary N) is 1. The lowest BCUT2D eigenvalue weighted by molar-refractivity contribution is -0.211. The number of hydrogen-bond acceptors (Lipinski definition) is 3. The molecule has 0 aliphatic carbocycles. The standard InChI is InChI=1S/C18H17F3INO3/c19-18(20,21)16(24)15(10-12-6-8-14(22)9-7-12)23-17(25)26-11-13-4-2-1-3-5-13/h1-9,15-16,24H,10-11H2,(H,23,25). The van der Waals surface area contributed by atoms with Crippen molar-refractivity contribution in [1.82, 2.24) is 5.32 Å². The van der Waals surface area contributed by atoms with Crippen molar-refractivity contribution < 1.29 is 27.8 Å². The van der Waals surface area contributed by atoms with E-state index in [0.29, 0.717) is 11.1 Å². The maximum Gasteiger partial charge on any atom is 0.416 e. The van der Waals surface area contributed by atoms with Crippen LogP contribution < -0.4 is 5.32 Å². The third-order valence-corrected chi connectivity index (χ3v) is 4.32. The van der Waals surface area contributed by atoms with Crippen molar-refractivity contribution in [2.45, 2.75) is 31.3 Å². The molecule has 0 spiro atoms. The predicted molar refractivity (Wildman–Crippen MR) is 98.5 cm³/mol. The van der Waals surface area contributed by atoms with E-state index in [-0.39, 0.29) is 13.0 Å². The Hall–Kier alpha value is -1.81. The van der Waals surface area contributed by atoms with Gasteiger partial charge in [-0.15, -0.1) is 0 Å². The van der Waals surface area contributed by atoms with Crippen LogP contribution in [0.4, 0.5) is 18.0 Å². The van der Waals surface area contributed by atoms with E-state index in [4.69, 9.17) is 4.74 Å². The predicted octanol–water partition coefficient (Wildman–Crippen LogP) is 4.05. The number of aliphatic hydroxyl groups is 1. The van der Waals surface area contributed by atoms with Crippen LogP contribution in [0.1, 0.15) is 11.1 Å². The van der Waals surface area contributed by atoms with Gasteiger partial charge in [0.2, 0.25) is 0 Å². The first kappa shape index (κ1) is 20.5. The third-order valence-electron chi connectivity index (χ3n) is 3.60. The summed E-state index contributed by atoms with van der Waals surface area (Å²) in [7, 11) is 0. The molecule has 0 heterocycles. The lowest BCUT2D eigenvalue weighted by Crippen LogP contribution is -2.51. The molecule has 2 unspecified atom stereocenters. The first-order chi connectivity index (χ1) is 12.3. The highest BCUT2D eigenvalue weighted by molar-refractivity contribution is 14.1. The molecule has 1 amide bonds. The van der Waals surface area contributed by atoms with Gasteiger partial charge in [0.1, 0.15) is 6.61 Å². The lowest BCUT2D eigenvalue weighted by atomic mass is 10.0. The highest BCUT2D eigenvalue weighted by Gasteiger charge is 2.44. The molecule has 8 heteroatoms. The summed E-state index contributed by atoms with van der Waals surface area (Å²) in [5.41, 5.74) is 1.26. The van der Waals surface area contributed by atoms with Crippen molar-refractivity contribution in [3.8, 4) is 0 Å². The minimum Gasteiger partial charge on any atom is -0.445 e. The number of amides is 1. The quantitative estimate of drug-likeness (QED) is 0.615. The fraction of sp³-hybridized carbons (Fsp3) is 0.278. The Morgan fingerprint density at radius 2 is 1.69 bits per heavy atom. The van der Waals surface area contributed by atoms with E-state index in [1.54, 1.807) is 54.6 Å². The fourth-order valence-corrected chi connectivity index (χ4v) is 2.62. The van der Waals surface area contributed by atoms with Gasteiger partial charge in [-0.2, -0.15) is 13.2 Å². The Labute approximate surface area is 162 Å². The molecule has 4 nitrogen and oxygen atoms in total. The number of aliphatic hydroxyl groups excluding tert-OH is 1. The van der Waals surface area contributed by atoms with Gasteiger partial charge in [0.05, 0.1) is 6.04 Å². The monoisotopic (exact) mass is 479 g/mol. The van der Waals surface area contributed by atoms with Gasteiger partial charge in [0.25, 0.3) is 0 Å². The van der Waals surface area contributed by atoms with E-state index in [9.17, 15) is 23.1 Å². The Morgan fingerprint density at radius 3 is 2.27 bits per heavy atom. The van der Waals surface area contributed by atoms with E-state index in [1.165, 1.54) is 0 Å². The molecule has 0 aromatic heterocycles. The summed E-state index contributed by atoms with van der Waals surface area (Å²) < 4.78 is 44.6. The van der Waals surface area contributed by atoms with Crippen molar-refractivity contribution in [1.29, 1.82) is 0 Å². The summed E-state index contributed by atoms with van der Waals surface area (Å²) in [5.74, 6) is 0. The van der Waals surface area contributed by atoms with Crippen LogP contribution in [0.25, 0.3) is 0 Å². The van der Waals surface area contributed by atoms with Gasteiger partial charge in [-0.1, -0.05) is 42.5 Å². The molecule has 2 atom stereocenters. The van der Waals surface area contributed by atoms with E-state index < -0.39 is 24.4 Å². The molecule has 0 fully saturated rings. The van der Waals surface area contributed by atoms with Crippen LogP contribution in [0.5, 0.6) is 0 Å². The normalized spacial score (nSPS) is 13.7. The van der Waals surface area contributed by atoms with Gasteiger partial charge in [-0.3, -0.25) is 0 Å². The van der Waals surface area contributed by atoms with Crippen LogP contribution in [-0.4, -0.2) is 29.5 Å². The average Bonchev–Trinajstić information content (AvgIpc) is 2.61. The molecule has 26 heavy (non-hydrogen) atoms. The SMILES string of the molecule is O=C(NC(Cc1ccc(I)cc1)C(O)C(F)(F)F)OCc1ccccc1. The van der Waals surface area contributed by atoms with Gasteiger partial charge in [0, 0.05) is 3.57 Å². The van der Waals surface area contributed by atoms with Crippen LogP contribution in [-0.2, 0) is 17.8 Å². The summed E-state index contributed by atoms with van der Waals surface area (Å²) in [5, 5.41) is 11.7. The number of rotatable bonds is 6. The topological polar surface area (TPSA) is 58.6 Å². The largest absolute Gasteiger partial charge is 0.445 e. The zero-order chi connectivity index (χ0) is 19.2. The second-order valence-corrected chi connectivity index (χ2v) is 6.88. The van der Waals surface area contributed by atoms with Gasteiger partial charge in [0.15, 0.2) is 6.10 Å². The number of carbonyl (C=O) groups is 1. The van der Waals surface area contributed by atoms with Crippen molar-refractivity contribution in [3.05, 3.63) is 69.3 Å². The number of halogens is 4. The van der Waals surface area contributed by atoms with E-state index in [2.05, 4.69) is 27.9 Å². The lowest BCUT2D eigenvalue weighted by Gasteiger charge is -2.25. The molecule has 140 valence electrons. The van der Waals surface area contributed by atoms with Gasteiger partial charge in [-0.05, 0) is 52.3 Å². The van der Waals surface area contributed by atoms with Crippen LogP contribution in [0.3, 0.4) is 0 Å². The van der Waals surface area contributed by atoms with Crippen LogP contribution in [0.15, 0.2) is 54.6 Å². The van der Waals surface area contributed by atoms with Crippen molar-refractivity contribution in [2.75, 3.05) is 0 Å². The van der Waals surface area contributed by atoms with E-state index >= 15 is 0 Å². The Kier molecular flexibility index (Phi) is 7.27. The van der Waals surface area contributed by atoms with E-state index in [1.807, 2.05) is 0 Å². The molecule has 0 bridgehead atoms. The first-order valence-corrected chi connectivity index (χ1v) is 8.80. The Morgan fingerprint density at radius 1 is 1.08 bits per heavy atom. The zero-order valence-corrected chi connectivity index (χ0v) is 15.7. The Bertz CT molecular complexity index is 708. The maximum absolute atomic E-state index is 12.9. The number of benzene rings is 2. The summed E-state index contributed by atoms with van der Waals surface area (Å²) in [6, 6.07) is 14.0. The smallest absolute Gasteiger partial charge is 0.416 e. The minimum atomic E-state index is -4.86. The molecule has 0 aliphatic heterocycles. The van der Waals surface area contributed by atoms with Crippen LogP contribution in [0.2, 0.25) is 0 Å². The van der Waals surface area contributed by atoms with Crippen molar-refractivity contribution >= 4 is 28.7 Å². The minimum absolute atomic E-state index is 0.0783. The van der Waals surface area contributed by atoms with Gasteiger partial charge < -0.3 is 15.2 Å². The summed E-state index contributed by atoms with van der Waals surface area (Å²) in [6.07, 6.45) is -8.77. The molecule has 0 saturated carbocycles. The van der Waals surface area contributed by atoms with Crippen molar-refractivity contribution in [3.63, 3.8) is 0 Å². The molecule has 2 rings (SSSR count). The molecule has 0 radical (unpaired) electrons. The van der Waals surface area contributed by atoms with Gasteiger partial charge >= 0.3 is 12.3 Å². The van der Waals surface area contributed by atoms with E-state index in [0.717, 1.165) is 3.57 Å². The van der Waals surface area contributed by atoms with Crippen LogP contribution in [0, 0.1) is 3.57 Å². The molecule has 2 N–H and O–H groups in total. The summed E-state index contributed by atoms with van der Waals surface area (Å²) in [6.45, 7) is -0.0783. The number of carbonyl (C=O) groups excluding carboxylic acids is 1. The highest BCUT2D eigenvalue weighted by atomic mass is 127. The summed E-state index contributed by atoms with van der Waals surface area (Å²) >= 11 is 2.07. The molecule has 2 aromatic carbocycles.